The number of aryl methyl sites for hydroxylation is 2. The highest BCUT2D eigenvalue weighted by Gasteiger charge is 2.14. The van der Waals surface area contributed by atoms with Gasteiger partial charge in [0.25, 0.3) is 0 Å². The highest BCUT2D eigenvalue weighted by molar-refractivity contribution is 5.77. The van der Waals surface area contributed by atoms with E-state index in [-0.39, 0.29) is 0 Å². The molecule has 0 fully saturated rings. The summed E-state index contributed by atoms with van der Waals surface area (Å²) in [5, 5.41) is 3.32. The monoisotopic (exact) mass is 400 g/mol. The molecular formula is C24H28N6. The summed E-state index contributed by atoms with van der Waals surface area (Å²) in [7, 11) is 0. The molecule has 154 valence electrons. The number of hydrogen-bond acceptors (Lipinski definition) is 5. The third kappa shape index (κ3) is 4.48. The molecule has 0 bridgehead atoms. The first-order valence-electron chi connectivity index (χ1n) is 10.6. The van der Waals surface area contributed by atoms with Gasteiger partial charge in [-0.05, 0) is 55.5 Å². The van der Waals surface area contributed by atoms with Crippen molar-refractivity contribution in [3.63, 3.8) is 0 Å². The molecule has 0 aliphatic heterocycles. The molecule has 0 spiro atoms. The van der Waals surface area contributed by atoms with E-state index in [0.717, 1.165) is 47.1 Å². The van der Waals surface area contributed by atoms with Crippen molar-refractivity contribution in [2.24, 2.45) is 5.92 Å². The summed E-state index contributed by atoms with van der Waals surface area (Å²) >= 11 is 0. The minimum absolute atomic E-state index is 0.575. The number of fused-ring (bicyclic) bond motifs is 1. The predicted octanol–water partition coefficient (Wildman–Crippen LogP) is 5.63. The zero-order valence-electron chi connectivity index (χ0n) is 17.8. The first-order valence-corrected chi connectivity index (χ1v) is 10.6. The molecular weight excluding hydrogens is 372 g/mol. The molecule has 1 N–H and O–H groups in total. The number of hydrogen-bond donors (Lipinski definition) is 1. The molecule has 0 saturated carbocycles. The Bertz CT molecular complexity index is 1100. The Balaban J connectivity index is 1.54. The number of nitrogens with zero attached hydrogens (tertiary/aromatic N) is 5. The molecule has 0 saturated heterocycles. The van der Waals surface area contributed by atoms with Gasteiger partial charge in [-0.1, -0.05) is 32.4 Å². The van der Waals surface area contributed by atoms with Crippen molar-refractivity contribution in [1.82, 2.24) is 24.5 Å². The van der Waals surface area contributed by atoms with E-state index in [0.29, 0.717) is 5.95 Å². The molecule has 0 unspecified atom stereocenters. The predicted molar refractivity (Wildman–Crippen MR) is 122 cm³/mol. The number of anilines is 2. The Labute approximate surface area is 177 Å². The van der Waals surface area contributed by atoms with E-state index in [1.807, 2.05) is 12.1 Å². The van der Waals surface area contributed by atoms with Crippen LogP contribution >= 0.6 is 0 Å². The maximum atomic E-state index is 4.74. The van der Waals surface area contributed by atoms with E-state index < -0.39 is 0 Å². The van der Waals surface area contributed by atoms with E-state index >= 15 is 0 Å². The molecule has 1 aromatic carbocycles. The van der Waals surface area contributed by atoms with Crippen LogP contribution in [-0.4, -0.2) is 24.5 Å². The molecule has 30 heavy (non-hydrogen) atoms. The highest BCUT2D eigenvalue weighted by atomic mass is 15.2. The second-order valence-electron chi connectivity index (χ2n) is 7.93. The van der Waals surface area contributed by atoms with Gasteiger partial charge in [0.15, 0.2) is 5.65 Å². The van der Waals surface area contributed by atoms with Crippen LogP contribution in [0.4, 0.5) is 11.6 Å². The summed E-state index contributed by atoms with van der Waals surface area (Å²) in [5.74, 6) is 2.21. The minimum Gasteiger partial charge on any atom is -0.324 e. The van der Waals surface area contributed by atoms with Crippen LogP contribution in [-0.2, 0) is 13.0 Å². The molecule has 0 radical (unpaired) electrons. The quantitative estimate of drug-likeness (QED) is 0.415. The van der Waals surface area contributed by atoms with Crippen molar-refractivity contribution in [2.75, 3.05) is 5.32 Å². The Morgan fingerprint density at radius 3 is 2.47 bits per heavy atom. The minimum atomic E-state index is 0.575. The van der Waals surface area contributed by atoms with Gasteiger partial charge in [-0.3, -0.25) is 4.98 Å². The van der Waals surface area contributed by atoms with Crippen LogP contribution in [0.15, 0.2) is 55.0 Å². The summed E-state index contributed by atoms with van der Waals surface area (Å²) in [6.07, 6.45) is 8.95. The van der Waals surface area contributed by atoms with Crippen molar-refractivity contribution in [3.8, 4) is 11.4 Å². The third-order valence-electron chi connectivity index (χ3n) is 5.20. The summed E-state index contributed by atoms with van der Waals surface area (Å²) < 4.78 is 2.11. The lowest BCUT2D eigenvalue weighted by Crippen LogP contribution is -2.02. The zero-order chi connectivity index (χ0) is 20.9. The zero-order valence-corrected chi connectivity index (χ0v) is 17.8. The maximum Gasteiger partial charge on any atom is 0.229 e. The second-order valence-corrected chi connectivity index (χ2v) is 7.93. The fraction of sp³-hybridized carbons (Fsp3) is 0.333. The van der Waals surface area contributed by atoms with Crippen LogP contribution in [0.3, 0.4) is 0 Å². The summed E-state index contributed by atoms with van der Waals surface area (Å²) in [6, 6.07) is 12.5. The van der Waals surface area contributed by atoms with Gasteiger partial charge in [0.2, 0.25) is 5.95 Å². The lowest BCUT2D eigenvalue weighted by molar-refractivity contribution is 0.556. The smallest absolute Gasteiger partial charge is 0.229 e. The van der Waals surface area contributed by atoms with Gasteiger partial charge in [0.05, 0.1) is 6.20 Å². The molecule has 6 heteroatoms. The van der Waals surface area contributed by atoms with Crippen molar-refractivity contribution < 1.29 is 0 Å². The number of aromatic nitrogens is 5. The Hall–Kier alpha value is -3.28. The third-order valence-corrected chi connectivity index (χ3v) is 5.20. The van der Waals surface area contributed by atoms with E-state index in [9.17, 15) is 0 Å². The number of benzene rings is 1. The van der Waals surface area contributed by atoms with Crippen molar-refractivity contribution in [3.05, 3.63) is 60.6 Å². The number of pyridine rings is 1. The van der Waals surface area contributed by atoms with Crippen LogP contribution in [0.1, 0.15) is 39.2 Å². The van der Waals surface area contributed by atoms with Gasteiger partial charge in [-0.15, -0.1) is 0 Å². The Morgan fingerprint density at radius 2 is 1.77 bits per heavy atom. The molecule has 4 rings (SSSR count). The first kappa shape index (κ1) is 20.0. The maximum absolute atomic E-state index is 4.74. The van der Waals surface area contributed by atoms with Crippen LogP contribution in [0.25, 0.3) is 22.6 Å². The molecule has 3 aromatic heterocycles. The van der Waals surface area contributed by atoms with Crippen molar-refractivity contribution in [2.45, 2.75) is 46.6 Å². The summed E-state index contributed by atoms with van der Waals surface area (Å²) in [4.78, 5) is 18.0. The molecule has 0 amide bonds. The molecule has 3 heterocycles. The average molecular weight is 401 g/mol. The fourth-order valence-electron chi connectivity index (χ4n) is 3.60. The largest absolute Gasteiger partial charge is 0.324 e. The lowest BCUT2D eigenvalue weighted by atomic mass is 10.0. The number of nitrogens with one attached hydrogen (secondary N) is 1. The van der Waals surface area contributed by atoms with E-state index in [2.05, 4.69) is 64.9 Å². The normalized spacial score (nSPS) is 11.3. The van der Waals surface area contributed by atoms with Gasteiger partial charge in [-0.25, -0.2) is 9.97 Å². The SMILES string of the molecule is CCn1c(-c2ccncc2)nc2cnc(Nc3ccc(CCCC(C)C)cc3)nc21. The first-order chi connectivity index (χ1) is 14.6. The van der Waals surface area contributed by atoms with E-state index in [4.69, 9.17) is 9.97 Å². The van der Waals surface area contributed by atoms with Gasteiger partial charge in [0, 0.05) is 30.2 Å². The van der Waals surface area contributed by atoms with Crippen LogP contribution < -0.4 is 5.32 Å². The molecule has 0 aliphatic rings. The van der Waals surface area contributed by atoms with Gasteiger partial charge in [-0.2, -0.15) is 4.98 Å². The van der Waals surface area contributed by atoms with Gasteiger partial charge >= 0.3 is 0 Å². The Kier molecular flexibility index (Phi) is 6.02. The molecule has 0 atom stereocenters. The Morgan fingerprint density at radius 1 is 1.00 bits per heavy atom. The standard InChI is InChI=1S/C24H28N6/c1-4-30-22(19-12-14-25-15-13-19)28-21-16-26-24(29-23(21)30)27-20-10-8-18(9-11-20)7-5-6-17(2)3/h8-17H,4-7H2,1-3H3,(H,26,27,29). The molecule has 4 aromatic rings. The second kappa shape index (κ2) is 9.03. The topological polar surface area (TPSA) is 68.5 Å². The molecule has 6 nitrogen and oxygen atoms in total. The van der Waals surface area contributed by atoms with Crippen LogP contribution in [0.2, 0.25) is 0 Å². The van der Waals surface area contributed by atoms with Crippen LogP contribution in [0.5, 0.6) is 0 Å². The van der Waals surface area contributed by atoms with E-state index in [1.165, 1.54) is 18.4 Å². The van der Waals surface area contributed by atoms with E-state index in [1.54, 1.807) is 18.6 Å². The summed E-state index contributed by atoms with van der Waals surface area (Å²) in [6.45, 7) is 7.41. The van der Waals surface area contributed by atoms with Gasteiger partial charge in [0.1, 0.15) is 11.3 Å². The highest BCUT2D eigenvalue weighted by Crippen LogP contribution is 2.24. The average Bonchev–Trinajstić information content (AvgIpc) is 3.13. The number of rotatable bonds is 8. The number of imidazole rings is 1. The van der Waals surface area contributed by atoms with Crippen LogP contribution in [0, 0.1) is 5.92 Å². The summed E-state index contributed by atoms with van der Waals surface area (Å²) in [5.41, 5.74) is 4.98. The fourth-order valence-corrected chi connectivity index (χ4v) is 3.60. The van der Waals surface area contributed by atoms with Crippen molar-refractivity contribution >= 4 is 22.8 Å². The molecule has 0 aliphatic carbocycles. The lowest BCUT2D eigenvalue weighted by Gasteiger charge is -2.08. The van der Waals surface area contributed by atoms with Crippen molar-refractivity contribution in [1.29, 1.82) is 0 Å². The van der Waals surface area contributed by atoms with Gasteiger partial charge < -0.3 is 9.88 Å².